The lowest BCUT2D eigenvalue weighted by atomic mass is 10.3. The molecule has 1 aromatic heterocycles. The molecule has 2 aromatic rings. The first-order chi connectivity index (χ1) is 12.5. The molecule has 26 heavy (non-hydrogen) atoms. The fraction of sp³-hybridized carbons (Fsp3) is 0.353. The Morgan fingerprint density at radius 3 is 2.42 bits per heavy atom. The molecule has 1 aromatic carbocycles. The highest BCUT2D eigenvalue weighted by Crippen LogP contribution is 2.24. The van der Waals surface area contributed by atoms with Crippen LogP contribution in [0.4, 0.5) is 0 Å². The number of sulfonamides is 1. The maximum absolute atomic E-state index is 12.5. The second-order valence-corrected chi connectivity index (χ2v) is 9.84. The van der Waals surface area contributed by atoms with Crippen molar-refractivity contribution in [2.24, 2.45) is 0 Å². The molecule has 0 atom stereocenters. The zero-order chi connectivity index (χ0) is 18.6. The summed E-state index contributed by atoms with van der Waals surface area (Å²) in [6.07, 6.45) is 0. The lowest BCUT2D eigenvalue weighted by molar-refractivity contribution is -0.129. The minimum absolute atomic E-state index is 0.0268. The number of thioether (sulfide) groups is 1. The van der Waals surface area contributed by atoms with Gasteiger partial charge in [0.1, 0.15) is 9.96 Å². The average molecular weight is 413 g/mol. The van der Waals surface area contributed by atoms with Gasteiger partial charge >= 0.3 is 0 Å². The van der Waals surface area contributed by atoms with Crippen molar-refractivity contribution in [1.82, 2.24) is 9.21 Å². The van der Waals surface area contributed by atoms with Crippen LogP contribution in [-0.4, -0.2) is 62.6 Å². The number of nitrogens with zero attached hydrogens (tertiary/aromatic N) is 2. The predicted octanol–water partition coefficient (Wildman–Crippen LogP) is 2.38. The van der Waals surface area contributed by atoms with E-state index in [4.69, 9.17) is 4.74 Å². The minimum atomic E-state index is -3.43. The van der Waals surface area contributed by atoms with Crippen molar-refractivity contribution >= 4 is 39.0 Å². The minimum Gasteiger partial charge on any atom is -0.497 e. The smallest absolute Gasteiger partial charge is 0.252 e. The number of ether oxygens (including phenoxy) is 1. The van der Waals surface area contributed by atoms with Crippen LogP contribution in [0.5, 0.6) is 5.75 Å². The molecule has 2 heterocycles. The van der Waals surface area contributed by atoms with E-state index >= 15 is 0 Å². The van der Waals surface area contributed by atoms with Crippen LogP contribution in [0.1, 0.15) is 0 Å². The van der Waals surface area contributed by atoms with Gasteiger partial charge in [-0.1, -0.05) is 6.07 Å². The Morgan fingerprint density at radius 1 is 1.15 bits per heavy atom. The number of hydrogen-bond donors (Lipinski definition) is 0. The molecule has 0 N–H and O–H groups in total. The Bertz CT molecular complexity index is 827. The maximum atomic E-state index is 12.5. The summed E-state index contributed by atoms with van der Waals surface area (Å²) in [4.78, 5) is 15.1. The van der Waals surface area contributed by atoms with Gasteiger partial charge in [0.15, 0.2) is 0 Å². The summed E-state index contributed by atoms with van der Waals surface area (Å²) in [6.45, 7) is 1.51. The number of piperazine rings is 1. The molecule has 0 unspecified atom stereocenters. The summed E-state index contributed by atoms with van der Waals surface area (Å²) in [5, 5.41) is 1.75. The van der Waals surface area contributed by atoms with Crippen LogP contribution in [0.2, 0.25) is 0 Å². The zero-order valence-electron chi connectivity index (χ0n) is 14.3. The average Bonchev–Trinajstić information content (AvgIpc) is 3.22. The van der Waals surface area contributed by atoms with Crippen LogP contribution in [0.25, 0.3) is 0 Å². The van der Waals surface area contributed by atoms with Gasteiger partial charge in [0.05, 0.1) is 12.9 Å². The first-order valence-corrected chi connectivity index (χ1v) is 11.4. The standard InChI is InChI=1S/C17H20N2O4S3/c1-23-14-4-6-15(7-5-14)25-13-16(20)18-8-10-19(11-9-18)26(21,22)17-3-2-12-24-17/h2-7,12H,8-11,13H2,1H3. The molecule has 6 nitrogen and oxygen atoms in total. The van der Waals surface area contributed by atoms with E-state index in [0.717, 1.165) is 10.6 Å². The van der Waals surface area contributed by atoms with Gasteiger partial charge in [-0.25, -0.2) is 8.42 Å². The summed E-state index contributed by atoms with van der Waals surface area (Å²) in [5.41, 5.74) is 0. The molecule has 0 saturated carbocycles. The molecule has 1 fully saturated rings. The van der Waals surface area contributed by atoms with Gasteiger partial charge in [0.25, 0.3) is 10.0 Å². The van der Waals surface area contributed by atoms with Crippen LogP contribution in [0.3, 0.4) is 0 Å². The van der Waals surface area contributed by atoms with Gasteiger partial charge in [-0.15, -0.1) is 23.1 Å². The molecule has 0 spiro atoms. The highest BCUT2D eigenvalue weighted by molar-refractivity contribution is 8.00. The number of amides is 1. The topological polar surface area (TPSA) is 66.9 Å². The van der Waals surface area contributed by atoms with Gasteiger partial charge in [0, 0.05) is 31.1 Å². The maximum Gasteiger partial charge on any atom is 0.252 e. The van der Waals surface area contributed by atoms with Gasteiger partial charge in [-0.3, -0.25) is 4.79 Å². The molecule has 0 radical (unpaired) electrons. The fourth-order valence-electron chi connectivity index (χ4n) is 2.62. The molecule has 0 bridgehead atoms. The summed E-state index contributed by atoms with van der Waals surface area (Å²) >= 11 is 2.69. The number of methoxy groups -OCH3 is 1. The van der Waals surface area contributed by atoms with Gasteiger partial charge in [-0.05, 0) is 35.7 Å². The molecule has 9 heteroatoms. The molecular formula is C17H20N2O4S3. The number of carbonyl (C=O) groups is 1. The van der Waals surface area contributed by atoms with E-state index in [-0.39, 0.29) is 5.91 Å². The monoisotopic (exact) mass is 412 g/mol. The molecule has 140 valence electrons. The Balaban J connectivity index is 1.50. The summed E-state index contributed by atoms with van der Waals surface area (Å²) < 4.78 is 31.9. The number of rotatable bonds is 6. The van der Waals surface area contributed by atoms with Gasteiger partial charge < -0.3 is 9.64 Å². The van der Waals surface area contributed by atoms with Crippen molar-refractivity contribution in [2.45, 2.75) is 9.10 Å². The van der Waals surface area contributed by atoms with Crippen molar-refractivity contribution in [3.63, 3.8) is 0 Å². The van der Waals surface area contributed by atoms with E-state index in [9.17, 15) is 13.2 Å². The lowest BCUT2D eigenvalue weighted by Gasteiger charge is -2.33. The lowest BCUT2D eigenvalue weighted by Crippen LogP contribution is -2.50. The van der Waals surface area contributed by atoms with Crippen LogP contribution >= 0.6 is 23.1 Å². The van der Waals surface area contributed by atoms with Crippen LogP contribution in [0, 0.1) is 0 Å². The first-order valence-electron chi connectivity index (χ1n) is 8.09. The van der Waals surface area contributed by atoms with Crippen molar-refractivity contribution in [3.8, 4) is 5.75 Å². The fourth-order valence-corrected chi connectivity index (χ4v) is 5.99. The molecule has 1 aliphatic heterocycles. The largest absolute Gasteiger partial charge is 0.497 e. The van der Waals surface area contributed by atoms with Crippen LogP contribution < -0.4 is 4.74 Å². The predicted molar refractivity (Wildman–Crippen MR) is 103 cm³/mol. The third-order valence-corrected chi connectivity index (χ3v) is 8.37. The highest BCUT2D eigenvalue weighted by atomic mass is 32.2. The van der Waals surface area contributed by atoms with E-state index in [0.29, 0.717) is 36.1 Å². The van der Waals surface area contributed by atoms with Crippen LogP contribution in [0.15, 0.2) is 50.9 Å². The Labute approximate surface area is 161 Å². The molecule has 1 amide bonds. The van der Waals surface area contributed by atoms with Gasteiger partial charge in [0.2, 0.25) is 5.91 Å². The Hall–Kier alpha value is -1.55. The van der Waals surface area contributed by atoms with Crippen molar-refractivity contribution in [2.75, 3.05) is 39.0 Å². The molecular weight excluding hydrogens is 392 g/mol. The summed E-state index contributed by atoms with van der Waals surface area (Å²) in [7, 11) is -1.82. The normalized spacial score (nSPS) is 15.8. The van der Waals surface area contributed by atoms with E-state index in [1.54, 1.807) is 29.5 Å². The van der Waals surface area contributed by atoms with Crippen molar-refractivity contribution in [3.05, 3.63) is 41.8 Å². The van der Waals surface area contributed by atoms with Crippen LogP contribution in [-0.2, 0) is 14.8 Å². The number of carbonyl (C=O) groups excluding carboxylic acids is 1. The van der Waals surface area contributed by atoms with E-state index in [2.05, 4.69) is 0 Å². The second kappa shape index (κ2) is 8.43. The van der Waals surface area contributed by atoms with E-state index in [1.807, 2.05) is 24.3 Å². The number of hydrogen-bond acceptors (Lipinski definition) is 6. The summed E-state index contributed by atoms with van der Waals surface area (Å²) in [5.74, 6) is 1.15. The highest BCUT2D eigenvalue weighted by Gasteiger charge is 2.30. The quantitative estimate of drug-likeness (QED) is 0.682. The summed E-state index contributed by atoms with van der Waals surface area (Å²) in [6, 6.07) is 10.9. The Morgan fingerprint density at radius 2 is 1.85 bits per heavy atom. The molecule has 1 saturated heterocycles. The van der Waals surface area contributed by atoms with E-state index < -0.39 is 10.0 Å². The SMILES string of the molecule is COc1ccc(SCC(=O)N2CCN(S(=O)(=O)c3cccs3)CC2)cc1. The van der Waals surface area contributed by atoms with Crippen molar-refractivity contribution < 1.29 is 17.9 Å². The molecule has 0 aliphatic carbocycles. The molecule has 1 aliphatic rings. The Kier molecular flexibility index (Phi) is 6.23. The molecule has 3 rings (SSSR count). The third-order valence-electron chi connectivity index (χ3n) is 4.10. The zero-order valence-corrected chi connectivity index (χ0v) is 16.8. The third kappa shape index (κ3) is 4.40. The van der Waals surface area contributed by atoms with Gasteiger partial charge in [-0.2, -0.15) is 4.31 Å². The van der Waals surface area contributed by atoms with E-state index in [1.165, 1.54) is 27.4 Å². The number of thiophene rings is 1. The number of benzene rings is 1. The first kappa shape index (κ1) is 19.2. The van der Waals surface area contributed by atoms with Crippen molar-refractivity contribution in [1.29, 1.82) is 0 Å². The second-order valence-electron chi connectivity index (χ2n) is 5.68.